The second-order valence-corrected chi connectivity index (χ2v) is 3.17. The largest absolute Gasteiger partial charge is 0.297 e. The summed E-state index contributed by atoms with van der Waals surface area (Å²) in [5.41, 5.74) is -0.598. The highest BCUT2D eigenvalue weighted by atomic mass is 35.5. The fourth-order valence-corrected chi connectivity index (χ4v) is 1.56. The first kappa shape index (κ1) is 11.4. The molecule has 0 spiro atoms. The van der Waals surface area contributed by atoms with E-state index in [2.05, 4.69) is 0 Å². The minimum absolute atomic E-state index is 0.0532. The molecule has 0 amide bonds. The monoisotopic (exact) mass is 230 g/mol. The number of nitro groups is 2. The van der Waals surface area contributed by atoms with Crippen LogP contribution < -0.4 is 0 Å². The Morgan fingerprint density at radius 1 is 1.27 bits per heavy atom. The molecule has 0 atom stereocenters. The lowest BCUT2D eigenvalue weighted by Gasteiger charge is -2.02. The van der Waals surface area contributed by atoms with Crippen LogP contribution in [0.2, 0.25) is 5.02 Å². The van der Waals surface area contributed by atoms with Crippen molar-refractivity contribution in [1.82, 2.24) is 0 Å². The molecular formula is C8H7ClN2O4. The highest BCUT2D eigenvalue weighted by molar-refractivity contribution is 6.32. The number of rotatable bonds is 3. The first-order valence-electron chi connectivity index (χ1n) is 4.09. The van der Waals surface area contributed by atoms with Crippen molar-refractivity contribution in [2.45, 2.75) is 13.3 Å². The zero-order valence-electron chi connectivity index (χ0n) is 7.77. The van der Waals surface area contributed by atoms with Gasteiger partial charge in [0, 0.05) is 6.07 Å². The number of benzene rings is 1. The van der Waals surface area contributed by atoms with E-state index < -0.39 is 9.85 Å². The van der Waals surface area contributed by atoms with E-state index in [1.54, 1.807) is 6.92 Å². The number of nitrogens with zero attached hydrogens (tertiary/aromatic N) is 2. The topological polar surface area (TPSA) is 86.3 Å². The van der Waals surface area contributed by atoms with E-state index in [0.717, 1.165) is 6.07 Å². The highest BCUT2D eigenvalue weighted by Gasteiger charge is 2.26. The molecule has 0 aromatic heterocycles. The van der Waals surface area contributed by atoms with Gasteiger partial charge in [0.25, 0.3) is 11.4 Å². The minimum atomic E-state index is -0.700. The van der Waals surface area contributed by atoms with Gasteiger partial charge in [-0.25, -0.2) is 0 Å². The van der Waals surface area contributed by atoms with Crippen LogP contribution in [0.25, 0.3) is 0 Å². The first-order chi connectivity index (χ1) is 6.99. The fourth-order valence-electron chi connectivity index (χ4n) is 1.31. The Labute approximate surface area is 89.8 Å². The third-order valence-electron chi connectivity index (χ3n) is 1.94. The molecule has 1 rings (SSSR count). The molecule has 0 bridgehead atoms. The summed E-state index contributed by atoms with van der Waals surface area (Å²) in [4.78, 5) is 19.9. The Morgan fingerprint density at radius 2 is 1.87 bits per heavy atom. The van der Waals surface area contributed by atoms with Crippen LogP contribution >= 0.6 is 11.6 Å². The van der Waals surface area contributed by atoms with Gasteiger partial charge in [0.2, 0.25) is 0 Å². The van der Waals surface area contributed by atoms with E-state index >= 15 is 0 Å². The number of hydrogen-bond acceptors (Lipinski definition) is 4. The van der Waals surface area contributed by atoms with Gasteiger partial charge in [-0.1, -0.05) is 18.5 Å². The molecule has 7 heteroatoms. The van der Waals surface area contributed by atoms with Gasteiger partial charge in [-0.05, 0) is 12.5 Å². The van der Waals surface area contributed by atoms with Gasteiger partial charge < -0.3 is 0 Å². The summed E-state index contributed by atoms with van der Waals surface area (Å²) in [6, 6.07) is 2.34. The first-order valence-corrected chi connectivity index (χ1v) is 4.47. The summed E-state index contributed by atoms with van der Waals surface area (Å²) in [7, 11) is 0. The summed E-state index contributed by atoms with van der Waals surface area (Å²) in [6.45, 7) is 1.60. The normalized spacial score (nSPS) is 10.0. The summed E-state index contributed by atoms with van der Waals surface area (Å²) in [5, 5.41) is 21.2. The maximum absolute atomic E-state index is 10.7. The van der Waals surface area contributed by atoms with E-state index in [9.17, 15) is 20.2 Å². The third-order valence-corrected chi connectivity index (χ3v) is 2.25. The molecule has 0 N–H and O–H groups in total. The molecule has 80 valence electrons. The molecule has 1 aromatic carbocycles. The third kappa shape index (κ3) is 2.04. The van der Waals surface area contributed by atoms with Crippen molar-refractivity contribution in [2.75, 3.05) is 0 Å². The predicted molar refractivity (Wildman–Crippen MR) is 54.1 cm³/mol. The molecule has 6 nitrogen and oxygen atoms in total. The van der Waals surface area contributed by atoms with Crippen molar-refractivity contribution in [1.29, 1.82) is 0 Å². The van der Waals surface area contributed by atoms with Crippen LogP contribution in [0.1, 0.15) is 12.5 Å². The molecule has 0 fully saturated rings. The van der Waals surface area contributed by atoms with Crippen LogP contribution in [0.4, 0.5) is 11.4 Å². The van der Waals surface area contributed by atoms with E-state index in [4.69, 9.17) is 11.6 Å². The summed E-state index contributed by atoms with van der Waals surface area (Å²) >= 11 is 5.62. The zero-order chi connectivity index (χ0) is 11.6. The number of nitro benzene ring substituents is 2. The van der Waals surface area contributed by atoms with Crippen molar-refractivity contribution >= 4 is 23.0 Å². The van der Waals surface area contributed by atoms with E-state index in [1.807, 2.05) is 0 Å². The quantitative estimate of drug-likeness (QED) is 0.590. The standard InChI is InChI=1S/C8H7ClN2O4/c1-2-5-7(10(12)13)4-3-6(9)8(5)11(14)15/h3-4H,2H2,1H3. The van der Waals surface area contributed by atoms with Crippen molar-refractivity contribution in [3.8, 4) is 0 Å². The second-order valence-electron chi connectivity index (χ2n) is 2.76. The van der Waals surface area contributed by atoms with Crippen LogP contribution in [0, 0.1) is 20.2 Å². The number of hydrogen-bond donors (Lipinski definition) is 0. The summed E-state index contributed by atoms with van der Waals surface area (Å²) in [5.74, 6) is 0. The molecular weight excluding hydrogens is 224 g/mol. The van der Waals surface area contributed by atoms with Crippen molar-refractivity contribution < 1.29 is 9.85 Å². The SMILES string of the molecule is CCc1c([N+](=O)[O-])ccc(Cl)c1[N+](=O)[O-]. The predicted octanol–water partition coefficient (Wildman–Crippen LogP) is 2.72. The van der Waals surface area contributed by atoms with Gasteiger partial charge >= 0.3 is 0 Å². The van der Waals surface area contributed by atoms with Gasteiger partial charge in [0.15, 0.2) is 0 Å². The minimum Gasteiger partial charge on any atom is -0.258 e. The van der Waals surface area contributed by atoms with Crippen molar-refractivity contribution in [3.63, 3.8) is 0 Å². The van der Waals surface area contributed by atoms with Crippen molar-refractivity contribution in [2.24, 2.45) is 0 Å². The van der Waals surface area contributed by atoms with Gasteiger partial charge in [0.1, 0.15) is 10.6 Å². The van der Waals surface area contributed by atoms with Gasteiger partial charge in [-0.2, -0.15) is 0 Å². The zero-order valence-corrected chi connectivity index (χ0v) is 8.52. The molecule has 0 aliphatic carbocycles. The molecule has 0 heterocycles. The highest BCUT2D eigenvalue weighted by Crippen LogP contribution is 2.34. The second kappa shape index (κ2) is 4.22. The average molecular weight is 231 g/mol. The van der Waals surface area contributed by atoms with Crippen LogP contribution in [0.15, 0.2) is 12.1 Å². The molecule has 1 aromatic rings. The Hall–Kier alpha value is -1.69. The van der Waals surface area contributed by atoms with Crippen LogP contribution in [-0.2, 0) is 6.42 Å². The van der Waals surface area contributed by atoms with Crippen LogP contribution in [0.3, 0.4) is 0 Å². The van der Waals surface area contributed by atoms with Gasteiger partial charge in [-0.3, -0.25) is 20.2 Å². The maximum atomic E-state index is 10.7. The Balaban J connectivity index is 3.54. The smallest absolute Gasteiger partial charge is 0.258 e. The lowest BCUT2D eigenvalue weighted by molar-refractivity contribution is -0.395. The Kier molecular flexibility index (Phi) is 3.21. The molecule has 0 aliphatic rings. The maximum Gasteiger partial charge on any atom is 0.297 e. The van der Waals surface area contributed by atoms with E-state index in [-0.39, 0.29) is 28.4 Å². The molecule has 0 aliphatic heterocycles. The van der Waals surface area contributed by atoms with Gasteiger partial charge in [-0.15, -0.1) is 0 Å². The van der Waals surface area contributed by atoms with Gasteiger partial charge in [0.05, 0.1) is 9.85 Å². The lowest BCUT2D eigenvalue weighted by atomic mass is 10.1. The number of halogens is 1. The Bertz CT molecular complexity index is 433. The molecule has 0 saturated carbocycles. The van der Waals surface area contributed by atoms with E-state index in [0.29, 0.717) is 0 Å². The summed E-state index contributed by atoms with van der Waals surface area (Å²) < 4.78 is 0. The molecule has 15 heavy (non-hydrogen) atoms. The lowest BCUT2D eigenvalue weighted by Crippen LogP contribution is -2.00. The average Bonchev–Trinajstić information content (AvgIpc) is 2.15. The fraction of sp³-hybridized carbons (Fsp3) is 0.250. The van der Waals surface area contributed by atoms with Crippen LogP contribution in [0.5, 0.6) is 0 Å². The van der Waals surface area contributed by atoms with E-state index in [1.165, 1.54) is 6.07 Å². The molecule has 0 unspecified atom stereocenters. The van der Waals surface area contributed by atoms with Crippen LogP contribution in [-0.4, -0.2) is 9.85 Å². The van der Waals surface area contributed by atoms with Crippen molar-refractivity contribution in [3.05, 3.63) is 42.9 Å². The molecule has 0 saturated heterocycles. The molecule has 0 radical (unpaired) electrons. The summed E-state index contributed by atoms with van der Waals surface area (Å²) in [6.07, 6.45) is 0.188. The Morgan fingerprint density at radius 3 is 2.27 bits per heavy atom.